The highest BCUT2D eigenvalue weighted by Gasteiger charge is 2.43. The number of pyridine rings is 2. The summed E-state index contributed by atoms with van der Waals surface area (Å²) in [5.41, 5.74) is 0.864. The minimum atomic E-state index is -1.05. The first kappa shape index (κ1) is 57.5. The van der Waals surface area contributed by atoms with Gasteiger partial charge < -0.3 is 69.0 Å². The van der Waals surface area contributed by atoms with Crippen molar-refractivity contribution in [1.82, 2.24) is 30.6 Å². The van der Waals surface area contributed by atoms with E-state index < -0.39 is 35.6 Å². The van der Waals surface area contributed by atoms with Crippen LogP contribution in [0.4, 0.5) is 32.1 Å². The Hall–Kier alpha value is -7.22. The van der Waals surface area contributed by atoms with Crippen molar-refractivity contribution in [2.75, 3.05) is 108 Å². The fourth-order valence-corrected chi connectivity index (χ4v) is 10.6. The van der Waals surface area contributed by atoms with Crippen molar-refractivity contribution < 1.29 is 56.3 Å². The Morgan fingerprint density at radius 2 is 1.50 bits per heavy atom. The molecule has 4 saturated heterocycles. The summed E-state index contributed by atoms with van der Waals surface area (Å²) in [6.07, 6.45) is 3.74. The number of hydrogen-bond donors (Lipinski definition) is 4. The molecule has 80 heavy (non-hydrogen) atoms. The number of guanidine groups is 1. The third-order valence-electron chi connectivity index (χ3n) is 14.2. The standard InChI is InChI=1S/C54H62Cl2F2N12O10/c1-10-41(72)62-32-12-14-78-23-36(32)65-52(59-5)67-48-27(2)15-33(42-44(55)37(74-7)17-38(75-8)45(42)56)63-50(48)70-24-54(4,25-70)80-26-79-40-18-39(76-9)46(57)43(47(40)58)34-16-29-19-60-53(66-35-22-77-13-11-31(35)61-28(3)71)68-49(29)51(64-34)69-20-30(21-69)73-6/h10,15-19,30-32,35-36H,1,5,11-14,20-26H2,2-4,6-9H3,(H,61,71)(H,62,72)(H,65,67)(H,60,66,68)/t31-,32-,35+,36+/m0/s1. The lowest BCUT2D eigenvalue weighted by atomic mass is 9.95. The zero-order valence-electron chi connectivity index (χ0n) is 45.2. The number of aliphatic imine (C=N–C) groups is 2. The smallest absolute Gasteiger partial charge is 0.243 e. The van der Waals surface area contributed by atoms with Crippen LogP contribution in [0.25, 0.3) is 33.4 Å². The summed E-state index contributed by atoms with van der Waals surface area (Å²) in [7, 11) is 5.82. The summed E-state index contributed by atoms with van der Waals surface area (Å²) in [5.74, 6) is -1.46. The van der Waals surface area contributed by atoms with E-state index in [1.54, 1.807) is 25.4 Å². The fourth-order valence-electron chi connectivity index (χ4n) is 9.90. The number of amides is 2. The van der Waals surface area contributed by atoms with Gasteiger partial charge in [0.05, 0.1) is 111 Å². The molecular weight excluding hydrogens is 1090 g/mol. The van der Waals surface area contributed by atoms with Crippen LogP contribution in [0.2, 0.25) is 10.0 Å². The van der Waals surface area contributed by atoms with E-state index in [1.807, 2.05) is 23.6 Å². The molecule has 3 aromatic heterocycles. The van der Waals surface area contributed by atoms with Crippen molar-refractivity contribution in [2.24, 2.45) is 9.98 Å². The van der Waals surface area contributed by atoms with E-state index in [9.17, 15) is 9.59 Å². The SMILES string of the molecule is C=CC(=O)N[C@H]1CCOC[C@H]1N=C(N=C)Nc1c(C)cc(-c2c(Cl)c(OC)cc(OC)c2Cl)nc1N1CC(C)(OCOc2cc(OC)c(F)c(-c3cc4cnc(N[C@@H]5COCC[C@@H]5NC(C)=O)nc4c(N4CC(OC)C4)n3)c2F)C1. The molecule has 26 heteroatoms. The van der Waals surface area contributed by atoms with E-state index in [0.29, 0.717) is 102 Å². The number of carbonyl (C=O) groups is 2. The predicted octanol–water partition coefficient (Wildman–Crippen LogP) is 6.77. The number of nitrogens with one attached hydrogen (secondary N) is 4. The molecule has 4 fully saturated rings. The van der Waals surface area contributed by atoms with Crippen LogP contribution in [-0.4, -0.2) is 168 Å². The molecule has 9 rings (SSSR count). The molecule has 7 heterocycles. The van der Waals surface area contributed by atoms with E-state index in [0.717, 1.165) is 6.07 Å². The van der Waals surface area contributed by atoms with E-state index in [-0.39, 0.29) is 94.9 Å². The van der Waals surface area contributed by atoms with Crippen molar-refractivity contribution in [2.45, 2.75) is 69.5 Å². The molecule has 2 amide bonds. The van der Waals surface area contributed by atoms with Crippen LogP contribution in [0, 0.1) is 18.6 Å². The number of anilines is 4. The number of ether oxygens (including phenoxy) is 8. The van der Waals surface area contributed by atoms with Gasteiger partial charge in [0.25, 0.3) is 0 Å². The summed E-state index contributed by atoms with van der Waals surface area (Å²) in [4.78, 5) is 56.5. The molecule has 0 bridgehead atoms. The molecular formula is C54H62Cl2F2N12O10. The molecule has 2 aromatic carbocycles. The third kappa shape index (κ3) is 12.1. The maximum absolute atomic E-state index is 17.0. The first-order valence-corrected chi connectivity index (χ1v) is 26.3. The Morgan fingerprint density at radius 1 is 0.850 bits per heavy atom. The average Bonchev–Trinajstić information content (AvgIpc) is 3.43. The number of hydrogen-bond acceptors (Lipinski definition) is 18. The van der Waals surface area contributed by atoms with Gasteiger partial charge in [-0.15, -0.1) is 0 Å². The molecule has 426 valence electrons. The van der Waals surface area contributed by atoms with Crippen molar-refractivity contribution >= 4 is 81.9 Å². The first-order chi connectivity index (χ1) is 38.5. The van der Waals surface area contributed by atoms with E-state index in [4.69, 9.17) is 81.0 Å². The van der Waals surface area contributed by atoms with E-state index in [2.05, 4.69) is 44.5 Å². The highest BCUT2D eigenvalue weighted by atomic mass is 35.5. The quantitative estimate of drug-likeness (QED) is 0.0289. The van der Waals surface area contributed by atoms with Crippen LogP contribution in [0.15, 0.2) is 53.1 Å². The second-order valence-electron chi connectivity index (χ2n) is 19.7. The van der Waals surface area contributed by atoms with Crippen LogP contribution < -0.4 is 50.0 Å². The number of benzene rings is 2. The summed E-state index contributed by atoms with van der Waals surface area (Å²) in [5, 5.41) is 13.3. The minimum Gasteiger partial charge on any atom is -0.495 e. The van der Waals surface area contributed by atoms with Crippen molar-refractivity contribution in [3.8, 4) is 45.5 Å². The fraction of sp³-hybridized carbons (Fsp3) is 0.444. The average molecular weight is 1150 g/mol. The third-order valence-corrected chi connectivity index (χ3v) is 15.0. The highest BCUT2D eigenvalue weighted by molar-refractivity contribution is 6.41. The molecule has 4 aliphatic heterocycles. The van der Waals surface area contributed by atoms with Crippen LogP contribution >= 0.6 is 23.2 Å². The van der Waals surface area contributed by atoms with Gasteiger partial charge in [0.1, 0.15) is 22.6 Å². The number of fused-ring (bicyclic) bond motifs is 1. The number of aromatic nitrogens is 4. The maximum atomic E-state index is 17.0. The van der Waals surface area contributed by atoms with Crippen LogP contribution in [-0.2, 0) is 28.5 Å². The summed E-state index contributed by atoms with van der Waals surface area (Å²) in [6.45, 7) is 14.8. The molecule has 22 nitrogen and oxygen atoms in total. The molecule has 0 spiro atoms. The zero-order chi connectivity index (χ0) is 57.0. The van der Waals surface area contributed by atoms with Gasteiger partial charge in [-0.2, -0.15) is 0 Å². The Labute approximate surface area is 470 Å². The molecule has 0 aliphatic carbocycles. The van der Waals surface area contributed by atoms with Gasteiger partial charge in [-0.3, -0.25) is 9.59 Å². The Balaban J connectivity index is 0.986. The Bertz CT molecular complexity index is 3190. The largest absolute Gasteiger partial charge is 0.495 e. The summed E-state index contributed by atoms with van der Waals surface area (Å²) < 4.78 is 79.3. The number of methoxy groups -OCH3 is 4. The lowest BCUT2D eigenvalue weighted by Crippen LogP contribution is -2.62. The minimum absolute atomic E-state index is 0.0686. The first-order valence-electron chi connectivity index (χ1n) is 25.6. The molecule has 5 aromatic rings. The molecule has 4 atom stereocenters. The second kappa shape index (κ2) is 24.7. The van der Waals surface area contributed by atoms with Gasteiger partial charge in [-0.05, 0) is 57.2 Å². The predicted molar refractivity (Wildman–Crippen MR) is 299 cm³/mol. The second-order valence-corrected chi connectivity index (χ2v) is 20.5. The summed E-state index contributed by atoms with van der Waals surface area (Å²) in [6, 6.07) is 4.55. The van der Waals surface area contributed by atoms with Gasteiger partial charge in [0, 0.05) is 69.6 Å². The van der Waals surface area contributed by atoms with Crippen LogP contribution in [0.5, 0.6) is 23.0 Å². The normalized spacial score (nSPS) is 20.0. The van der Waals surface area contributed by atoms with Crippen molar-refractivity contribution in [3.05, 3.63) is 70.4 Å². The Morgan fingerprint density at radius 3 is 2.16 bits per heavy atom. The van der Waals surface area contributed by atoms with Gasteiger partial charge in [-0.25, -0.2) is 38.7 Å². The summed E-state index contributed by atoms with van der Waals surface area (Å²) >= 11 is 13.9. The van der Waals surface area contributed by atoms with Crippen molar-refractivity contribution in [3.63, 3.8) is 0 Å². The lowest BCUT2D eigenvalue weighted by Gasteiger charge is -2.48. The topological polar surface area (TPSA) is 239 Å². The molecule has 0 radical (unpaired) electrons. The zero-order valence-corrected chi connectivity index (χ0v) is 46.7. The number of nitrogens with zero attached hydrogens (tertiary/aromatic N) is 8. The molecule has 4 N–H and O–H groups in total. The number of halogens is 4. The van der Waals surface area contributed by atoms with Crippen LogP contribution in [0.1, 0.15) is 32.3 Å². The molecule has 0 saturated carbocycles. The molecule has 0 unspecified atom stereocenters. The number of carbonyl (C=O) groups excluding carboxylic acids is 2. The van der Waals surface area contributed by atoms with Crippen molar-refractivity contribution in [1.29, 1.82) is 0 Å². The van der Waals surface area contributed by atoms with E-state index >= 15 is 8.78 Å². The monoisotopic (exact) mass is 1150 g/mol. The number of aryl methyl sites for hydroxylation is 1. The number of rotatable bonds is 19. The van der Waals surface area contributed by atoms with E-state index in [1.165, 1.54) is 40.4 Å². The van der Waals surface area contributed by atoms with Gasteiger partial charge in [0.2, 0.25) is 23.7 Å². The van der Waals surface area contributed by atoms with Gasteiger partial charge >= 0.3 is 0 Å². The van der Waals surface area contributed by atoms with Crippen LogP contribution in [0.3, 0.4) is 0 Å². The van der Waals surface area contributed by atoms with Gasteiger partial charge in [-0.1, -0.05) is 29.8 Å². The lowest BCUT2D eigenvalue weighted by molar-refractivity contribution is -0.120. The Kier molecular flexibility index (Phi) is 17.7. The highest BCUT2D eigenvalue weighted by Crippen LogP contribution is 2.48. The maximum Gasteiger partial charge on any atom is 0.243 e. The van der Waals surface area contributed by atoms with Gasteiger partial charge in [0.15, 0.2) is 41.6 Å². The molecule has 4 aliphatic rings.